The van der Waals surface area contributed by atoms with E-state index in [4.69, 9.17) is 0 Å². The van der Waals surface area contributed by atoms with Gasteiger partial charge in [0.15, 0.2) is 0 Å². The van der Waals surface area contributed by atoms with E-state index in [1.54, 1.807) is 0 Å². The van der Waals surface area contributed by atoms with Crippen molar-refractivity contribution in [3.8, 4) is 0 Å². The van der Waals surface area contributed by atoms with Gasteiger partial charge in [0.1, 0.15) is 0 Å². The first-order valence-corrected chi connectivity index (χ1v) is 12.4. The van der Waals surface area contributed by atoms with Crippen LogP contribution in [0.1, 0.15) is 37.2 Å². The van der Waals surface area contributed by atoms with Crippen LogP contribution >= 0.6 is 0 Å². The monoisotopic (exact) mass is 441 g/mol. The van der Waals surface area contributed by atoms with E-state index < -0.39 is 0 Å². The molecule has 0 N–H and O–H groups in total. The van der Waals surface area contributed by atoms with Crippen LogP contribution in [0.25, 0.3) is 21.8 Å². The third kappa shape index (κ3) is 3.35. The van der Waals surface area contributed by atoms with E-state index >= 15 is 0 Å². The summed E-state index contributed by atoms with van der Waals surface area (Å²) in [6, 6.07) is 30.6. The molecule has 2 fully saturated rings. The van der Waals surface area contributed by atoms with Crippen molar-refractivity contribution in [2.24, 2.45) is 11.8 Å². The lowest BCUT2D eigenvalue weighted by atomic mass is 9.83. The summed E-state index contributed by atoms with van der Waals surface area (Å²) in [4.78, 5) is 11.5. The first kappa shape index (κ1) is 19.7. The zero-order valence-corrected chi connectivity index (χ0v) is 19.1. The van der Waals surface area contributed by atoms with Gasteiger partial charge in [-0.2, -0.15) is 0 Å². The number of hydrogen-bond acceptors (Lipinski definition) is 3. The summed E-state index contributed by atoms with van der Waals surface area (Å²) in [5, 5.41) is 2.29. The van der Waals surface area contributed by atoms with Gasteiger partial charge in [0, 0.05) is 40.2 Å². The van der Waals surface area contributed by atoms with Crippen molar-refractivity contribution in [1.82, 2.24) is 9.97 Å². The lowest BCUT2D eigenvalue weighted by molar-refractivity contribution is 0.420. The highest BCUT2D eigenvalue weighted by atomic mass is 15.1. The first-order valence-electron chi connectivity index (χ1n) is 12.4. The molecule has 3 unspecified atom stereocenters. The molecular formula is C31H27N3. The second-order valence-corrected chi connectivity index (χ2v) is 9.97. The van der Waals surface area contributed by atoms with Crippen LogP contribution in [0, 0.1) is 11.8 Å². The van der Waals surface area contributed by atoms with Crippen LogP contribution in [0.5, 0.6) is 0 Å². The van der Waals surface area contributed by atoms with E-state index in [0.29, 0.717) is 0 Å². The molecule has 0 saturated heterocycles. The highest BCUT2D eigenvalue weighted by Gasteiger charge is 2.40. The van der Waals surface area contributed by atoms with Crippen LogP contribution in [0.4, 0.5) is 17.1 Å². The minimum absolute atomic E-state index is 0.748. The Hall–Kier alpha value is -3.72. The van der Waals surface area contributed by atoms with Crippen molar-refractivity contribution < 1.29 is 0 Å². The number of aromatic nitrogens is 2. The second kappa shape index (κ2) is 7.95. The quantitative estimate of drug-likeness (QED) is 0.282. The van der Waals surface area contributed by atoms with Gasteiger partial charge in [0.2, 0.25) is 0 Å². The summed E-state index contributed by atoms with van der Waals surface area (Å²) in [6.07, 6.45) is 9.39. The molecule has 34 heavy (non-hydrogen) atoms. The molecule has 2 saturated carbocycles. The van der Waals surface area contributed by atoms with E-state index in [2.05, 4.69) is 87.7 Å². The maximum Gasteiger partial charge on any atom is 0.0722 e. The highest BCUT2D eigenvalue weighted by molar-refractivity contribution is 5.90. The summed E-state index contributed by atoms with van der Waals surface area (Å²) >= 11 is 0. The lowest BCUT2D eigenvalue weighted by Crippen LogP contribution is -2.11. The fraction of sp³-hybridized carbons (Fsp3) is 0.226. The molecule has 166 valence electrons. The van der Waals surface area contributed by atoms with Gasteiger partial charge in [0.05, 0.1) is 11.0 Å². The molecule has 0 amide bonds. The zero-order valence-electron chi connectivity index (χ0n) is 19.1. The predicted octanol–water partition coefficient (Wildman–Crippen LogP) is 8.16. The molecule has 2 heterocycles. The van der Waals surface area contributed by atoms with Gasteiger partial charge >= 0.3 is 0 Å². The summed E-state index contributed by atoms with van der Waals surface area (Å²) in [5.74, 6) is 2.60. The van der Waals surface area contributed by atoms with Crippen molar-refractivity contribution in [2.45, 2.75) is 31.6 Å². The van der Waals surface area contributed by atoms with Gasteiger partial charge in [-0.3, -0.25) is 9.97 Å². The van der Waals surface area contributed by atoms with Gasteiger partial charge in [-0.05, 0) is 97.2 Å². The number of nitrogens with zero attached hydrogens (tertiary/aromatic N) is 3. The zero-order chi connectivity index (χ0) is 22.5. The Bertz CT molecular complexity index is 1410. The van der Waals surface area contributed by atoms with Gasteiger partial charge in [-0.15, -0.1) is 0 Å². The molecule has 3 heteroatoms. The Balaban J connectivity index is 1.33. The summed E-state index contributed by atoms with van der Waals surface area (Å²) in [5.41, 5.74) is 6.94. The normalized spacial score (nSPS) is 21.4. The van der Waals surface area contributed by atoms with Crippen molar-refractivity contribution in [2.75, 3.05) is 4.90 Å². The number of rotatable bonds is 4. The average Bonchev–Trinajstić information content (AvgIpc) is 3.53. The van der Waals surface area contributed by atoms with Crippen molar-refractivity contribution in [3.63, 3.8) is 0 Å². The number of benzene rings is 3. The smallest absolute Gasteiger partial charge is 0.0722 e. The standard InChI is InChI=1S/C31H27N3/c1-3-23-9-12-28(20-31(23)33-16-1)34(27-13-14-30-25(19-27)4-2-15-32-30)26-10-7-22(8-11-26)29-18-21-5-6-24(29)17-21/h1-4,7-16,19-21,24,29H,5-6,17-18H2. The fourth-order valence-corrected chi connectivity index (χ4v) is 6.37. The summed E-state index contributed by atoms with van der Waals surface area (Å²) in [7, 11) is 0. The first-order chi connectivity index (χ1) is 16.8. The molecule has 7 rings (SSSR count). The van der Waals surface area contributed by atoms with E-state index in [1.807, 2.05) is 24.5 Å². The summed E-state index contributed by atoms with van der Waals surface area (Å²) in [6.45, 7) is 0. The number of fused-ring (bicyclic) bond motifs is 4. The molecular weight excluding hydrogens is 414 g/mol. The molecule has 3 aromatic carbocycles. The van der Waals surface area contributed by atoms with Crippen LogP contribution in [0.2, 0.25) is 0 Å². The van der Waals surface area contributed by atoms with Gasteiger partial charge in [-0.1, -0.05) is 36.8 Å². The van der Waals surface area contributed by atoms with E-state index in [0.717, 1.165) is 50.9 Å². The minimum Gasteiger partial charge on any atom is -0.310 e. The second-order valence-electron chi connectivity index (χ2n) is 9.97. The number of pyridine rings is 2. The van der Waals surface area contributed by atoms with E-state index in [9.17, 15) is 0 Å². The number of anilines is 3. The van der Waals surface area contributed by atoms with Crippen LogP contribution in [0.3, 0.4) is 0 Å². The van der Waals surface area contributed by atoms with Crippen LogP contribution in [-0.2, 0) is 0 Å². The van der Waals surface area contributed by atoms with E-state index in [1.165, 1.54) is 36.9 Å². The average molecular weight is 442 g/mol. The lowest BCUT2D eigenvalue weighted by Gasteiger charge is -2.27. The Kier molecular flexibility index (Phi) is 4.61. The molecule has 3 nitrogen and oxygen atoms in total. The van der Waals surface area contributed by atoms with Gasteiger partial charge in [-0.25, -0.2) is 0 Å². The van der Waals surface area contributed by atoms with Crippen molar-refractivity contribution >= 4 is 38.9 Å². The minimum atomic E-state index is 0.748. The van der Waals surface area contributed by atoms with Crippen molar-refractivity contribution in [3.05, 3.63) is 103 Å². The number of hydrogen-bond donors (Lipinski definition) is 0. The largest absolute Gasteiger partial charge is 0.310 e. The Morgan fingerprint density at radius 2 is 1.35 bits per heavy atom. The van der Waals surface area contributed by atoms with Gasteiger partial charge < -0.3 is 4.90 Å². The van der Waals surface area contributed by atoms with Crippen molar-refractivity contribution in [1.29, 1.82) is 0 Å². The molecule has 0 radical (unpaired) electrons. The maximum absolute atomic E-state index is 4.61. The molecule has 0 spiro atoms. The molecule has 0 aliphatic heterocycles. The Labute approximate surface area is 200 Å². The van der Waals surface area contributed by atoms with Crippen LogP contribution in [0.15, 0.2) is 97.3 Å². The SMILES string of the molecule is c1cnc2ccc(N(c3ccc(C4CC5CCC4C5)cc3)c3ccc4cccnc4c3)cc2c1. The van der Waals surface area contributed by atoms with Crippen LogP contribution < -0.4 is 4.90 Å². The Morgan fingerprint density at radius 1 is 0.618 bits per heavy atom. The molecule has 2 aliphatic rings. The molecule has 3 atom stereocenters. The molecule has 2 aromatic heterocycles. The fourth-order valence-electron chi connectivity index (χ4n) is 6.37. The molecule has 2 aliphatic carbocycles. The predicted molar refractivity (Wildman–Crippen MR) is 140 cm³/mol. The molecule has 2 bridgehead atoms. The summed E-state index contributed by atoms with van der Waals surface area (Å²) < 4.78 is 0. The molecule has 5 aromatic rings. The highest BCUT2D eigenvalue weighted by Crippen LogP contribution is 2.53. The third-order valence-electron chi connectivity index (χ3n) is 8.01. The van der Waals surface area contributed by atoms with Crippen LogP contribution in [-0.4, -0.2) is 9.97 Å². The van der Waals surface area contributed by atoms with Gasteiger partial charge in [0.25, 0.3) is 0 Å². The topological polar surface area (TPSA) is 29.0 Å². The third-order valence-corrected chi connectivity index (χ3v) is 8.01. The maximum atomic E-state index is 4.61. The van der Waals surface area contributed by atoms with E-state index in [-0.39, 0.29) is 0 Å². The Morgan fingerprint density at radius 3 is 2.15 bits per heavy atom.